The SMILES string of the molecule is CC(C)SCCC(=O)c1ccc(OCc2ccccc2)cc1. The molecule has 116 valence electrons. The minimum absolute atomic E-state index is 0.197. The molecule has 0 saturated carbocycles. The molecule has 0 saturated heterocycles. The highest BCUT2D eigenvalue weighted by molar-refractivity contribution is 7.99. The lowest BCUT2D eigenvalue weighted by Crippen LogP contribution is -2.02. The zero-order valence-corrected chi connectivity index (χ0v) is 13.9. The maximum atomic E-state index is 12.1. The van der Waals surface area contributed by atoms with Gasteiger partial charge < -0.3 is 4.74 Å². The number of benzene rings is 2. The molecule has 0 heterocycles. The van der Waals surface area contributed by atoms with Crippen LogP contribution in [-0.2, 0) is 6.61 Å². The number of rotatable bonds is 8. The topological polar surface area (TPSA) is 26.3 Å². The molecule has 2 aromatic carbocycles. The van der Waals surface area contributed by atoms with Crippen LogP contribution in [0.4, 0.5) is 0 Å². The summed E-state index contributed by atoms with van der Waals surface area (Å²) in [5.74, 6) is 1.86. The van der Waals surface area contributed by atoms with Crippen molar-refractivity contribution in [1.29, 1.82) is 0 Å². The van der Waals surface area contributed by atoms with E-state index in [1.165, 1.54) is 0 Å². The highest BCUT2D eigenvalue weighted by Gasteiger charge is 2.06. The largest absolute Gasteiger partial charge is 0.489 e. The van der Waals surface area contributed by atoms with Crippen molar-refractivity contribution in [2.75, 3.05) is 5.75 Å². The third-order valence-corrected chi connectivity index (χ3v) is 4.31. The number of hydrogen-bond acceptors (Lipinski definition) is 3. The molecule has 3 heteroatoms. The standard InChI is InChI=1S/C19H22O2S/c1-15(2)22-13-12-19(20)17-8-10-18(11-9-17)21-14-16-6-4-3-5-7-16/h3-11,15H,12-14H2,1-2H3. The number of thioether (sulfide) groups is 1. The van der Waals surface area contributed by atoms with Crippen LogP contribution in [0.15, 0.2) is 54.6 Å². The Kier molecular flexibility index (Phi) is 6.53. The van der Waals surface area contributed by atoms with Crippen LogP contribution < -0.4 is 4.74 Å². The lowest BCUT2D eigenvalue weighted by atomic mass is 10.1. The van der Waals surface area contributed by atoms with Crippen LogP contribution in [0.5, 0.6) is 5.75 Å². The summed E-state index contributed by atoms with van der Waals surface area (Å²) in [6, 6.07) is 17.5. The summed E-state index contributed by atoms with van der Waals surface area (Å²) in [6.45, 7) is 4.83. The van der Waals surface area contributed by atoms with Gasteiger partial charge in [-0.05, 0) is 35.1 Å². The average molecular weight is 314 g/mol. The van der Waals surface area contributed by atoms with Crippen LogP contribution in [0.3, 0.4) is 0 Å². The van der Waals surface area contributed by atoms with Crippen molar-refractivity contribution in [3.8, 4) is 5.75 Å². The fourth-order valence-electron chi connectivity index (χ4n) is 2.01. The normalized spacial score (nSPS) is 10.7. The first-order chi connectivity index (χ1) is 10.6. The Bertz CT molecular complexity index is 576. The van der Waals surface area contributed by atoms with E-state index in [1.54, 1.807) is 0 Å². The van der Waals surface area contributed by atoms with Crippen LogP contribution in [0.25, 0.3) is 0 Å². The van der Waals surface area contributed by atoms with Crippen molar-refractivity contribution >= 4 is 17.5 Å². The van der Waals surface area contributed by atoms with Gasteiger partial charge in [-0.1, -0.05) is 44.2 Å². The van der Waals surface area contributed by atoms with E-state index < -0.39 is 0 Å². The molecule has 22 heavy (non-hydrogen) atoms. The summed E-state index contributed by atoms with van der Waals surface area (Å²) in [5.41, 5.74) is 1.89. The monoisotopic (exact) mass is 314 g/mol. The second kappa shape index (κ2) is 8.64. The zero-order chi connectivity index (χ0) is 15.8. The van der Waals surface area contributed by atoms with Gasteiger partial charge in [0.2, 0.25) is 0 Å². The van der Waals surface area contributed by atoms with Gasteiger partial charge in [0, 0.05) is 17.7 Å². The Hall–Kier alpha value is -1.74. The number of ether oxygens (including phenoxy) is 1. The summed E-state index contributed by atoms with van der Waals surface area (Å²) in [7, 11) is 0. The molecule has 0 spiro atoms. The molecule has 0 radical (unpaired) electrons. The maximum Gasteiger partial charge on any atom is 0.163 e. The second-order valence-electron chi connectivity index (χ2n) is 5.39. The Morgan fingerprint density at radius 1 is 1.05 bits per heavy atom. The summed E-state index contributed by atoms with van der Waals surface area (Å²) < 4.78 is 5.72. The highest BCUT2D eigenvalue weighted by atomic mass is 32.2. The fourth-order valence-corrected chi connectivity index (χ4v) is 2.78. The molecule has 2 rings (SSSR count). The first-order valence-electron chi connectivity index (χ1n) is 7.57. The van der Waals surface area contributed by atoms with Gasteiger partial charge in [0.1, 0.15) is 12.4 Å². The molecule has 0 amide bonds. The summed E-state index contributed by atoms with van der Waals surface area (Å²) in [5, 5.41) is 0.571. The van der Waals surface area contributed by atoms with Crippen molar-refractivity contribution in [3.05, 3.63) is 65.7 Å². The van der Waals surface area contributed by atoms with Gasteiger partial charge >= 0.3 is 0 Å². The van der Waals surface area contributed by atoms with Crippen molar-refractivity contribution in [2.45, 2.75) is 32.1 Å². The van der Waals surface area contributed by atoms with E-state index >= 15 is 0 Å². The van der Waals surface area contributed by atoms with Gasteiger partial charge in [-0.3, -0.25) is 4.79 Å². The predicted molar refractivity (Wildman–Crippen MR) is 93.8 cm³/mol. The van der Waals surface area contributed by atoms with Crippen molar-refractivity contribution in [1.82, 2.24) is 0 Å². The molecule has 0 N–H and O–H groups in total. The van der Waals surface area contributed by atoms with E-state index in [0.29, 0.717) is 18.3 Å². The maximum absolute atomic E-state index is 12.1. The first-order valence-corrected chi connectivity index (χ1v) is 8.61. The molecular formula is C19H22O2S. The van der Waals surface area contributed by atoms with E-state index in [0.717, 1.165) is 22.6 Å². The quantitative estimate of drug-likeness (QED) is 0.643. The molecule has 2 aromatic rings. The Labute approximate surface area is 136 Å². The van der Waals surface area contributed by atoms with Gasteiger partial charge in [-0.2, -0.15) is 11.8 Å². The van der Waals surface area contributed by atoms with Gasteiger partial charge in [0.05, 0.1) is 0 Å². The first kappa shape index (κ1) is 16.6. The van der Waals surface area contributed by atoms with Gasteiger partial charge in [0.25, 0.3) is 0 Å². The molecule has 0 bridgehead atoms. The van der Waals surface area contributed by atoms with E-state index in [4.69, 9.17) is 4.74 Å². The van der Waals surface area contributed by atoms with Gasteiger partial charge in [-0.15, -0.1) is 0 Å². The number of carbonyl (C=O) groups is 1. The van der Waals surface area contributed by atoms with Crippen LogP contribution in [0.2, 0.25) is 0 Å². The number of hydrogen-bond donors (Lipinski definition) is 0. The Balaban J connectivity index is 1.83. The predicted octanol–water partition coefficient (Wildman–Crippen LogP) is 4.98. The fraction of sp³-hybridized carbons (Fsp3) is 0.316. The molecule has 0 aliphatic carbocycles. The molecule has 0 aromatic heterocycles. The lowest BCUT2D eigenvalue weighted by molar-refractivity contribution is 0.0989. The van der Waals surface area contributed by atoms with E-state index in [9.17, 15) is 4.79 Å². The van der Waals surface area contributed by atoms with E-state index in [2.05, 4.69) is 13.8 Å². The molecule has 2 nitrogen and oxygen atoms in total. The number of Topliss-reactive ketones (excluding diaryl/α,β-unsaturated/α-hetero) is 1. The Morgan fingerprint density at radius 3 is 2.36 bits per heavy atom. The molecule has 0 fully saturated rings. The summed E-state index contributed by atoms with van der Waals surface area (Å²) in [6.07, 6.45) is 0.590. The average Bonchev–Trinajstić information content (AvgIpc) is 2.54. The summed E-state index contributed by atoms with van der Waals surface area (Å²) in [4.78, 5) is 12.1. The van der Waals surface area contributed by atoms with Gasteiger partial charge in [-0.25, -0.2) is 0 Å². The third-order valence-electron chi connectivity index (χ3n) is 3.20. The van der Waals surface area contributed by atoms with Crippen LogP contribution >= 0.6 is 11.8 Å². The highest BCUT2D eigenvalue weighted by Crippen LogP contribution is 2.17. The van der Waals surface area contributed by atoms with Gasteiger partial charge in [0.15, 0.2) is 5.78 Å². The number of carbonyl (C=O) groups excluding carboxylic acids is 1. The molecule has 0 unspecified atom stereocenters. The van der Waals surface area contributed by atoms with Crippen molar-refractivity contribution in [2.24, 2.45) is 0 Å². The third kappa shape index (κ3) is 5.57. The Morgan fingerprint density at radius 2 is 1.73 bits per heavy atom. The van der Waals surface area contributed by atoms with Crippen LogP contribution in [-0.4, -0.2) is 16.8 Å². The minimum atomic E-state index is 0.197. The van der Waals surface area contributed by atoms with E-state index in [1.807, 2.05) is 66.4 Å². The zero-order valence-electron chi connectivity index (χ0n) is 13.1. The molecule has 0 aliphatic heterocycles. The van der Waals surface area contributed by atoms with E-state index in [-0.39, 0.29) is 5.78 Å². The molecule has 0 aliphatic rings. The van der Waals surface area contributed by atoms with Crippen molar-refractivity contribution in [3.63, 3.8) is 0 Å². The van der Waals surface area contributed by atoms with Crippen molar-refractivity contribution < 1.29 is 9.53 Å². The van der Waals surface area contributed by atoms with Crippen LogP contribution in [0, 0.1) is 0 Å². The second-order valence-corrected chi connectivity index (χ2v) is 7.08. The summed E-state index contributed by atoms with van der Waals surface area (Å²) >= 11 is 1.82. The lowest BCUT2D eigenvalue weighted by Gasteiger charge is -2.07. The smallest absolute Gasteiger partial charge is 0.163 e. The molecular weight excluding hydrogens is 292 g/mol. The van der Waals surface area contributed by atoms with Crippen LogP contribution in [0.1, 0.15) is 36.2 Å². The molecule has 0 atom stereocenters. The number of ketones is 1. The minimum Gasteiger partial charge on any atom is -0.489 e.